The van der Waals surface area contributed by atoms with Gasteiger partial charge in [0.05, 0.1) is 18.6 Å². The van der Waals surface area contributed by atoms with Crippen LogP contribution in [0.15, 0.2) is 60.7 Å². The standard InChI is InChI=1S/C30H41N5O7/c1-3-19(2)27(28(32)39)35-29(40)22(14-15-25(31)37)33-26(38)17-24(36)23(16-20-10-6-4-7-11-20)34-30(41)42-18-21-12-8-5-9-13-21/h4-13,19,22-24,27,36H,3,14-18H2,1-2H3,(H2,31,37)(H2,32,39)(H,33,38)(H,34,41)(H,35,40)/t19-,22-,23-,24-,27-/m0/s1. The van der Waals surface area contributed by atoms with Crippen LogP contribution in [-0.4, -0.2) is 59.1 Å². The zero-order valence-corrected chi connectivity index (χ0v) is 24.0. The summed E-state index contributed by atoms with van der Waals surface area (Å²) < 4.78 is 5.29. The Balaban J connectivity index is 2.11. The number of primary amides is 2. The monoisotopic (exact) mass is 583 g/mol. The van der Waals surface area contributed by atoms with Crippen LogP contribution < -0.4 is 27.4 Å². The van der Waals surface area contributed by atoms with Gasteiger partial charge in [-0.05, 0) is 29.9 Å². The van der Waals surface area contributed by atoms with Crippen molar-refractivity contribution in [1.29, 1.82) is 0 Å². The smallest absolute Gasteiger partial charge is 0.407 e. The lowest BCUT2D eigenvalue weighted by Crippen LogP contribution is -2.55. The predicted octanol–water partition coefficient (Wildman–Crippen LogP) is 1.04. The Morgan fingerprint density at radius 3 is 2.02 bits per heavy atom. The number of carbonyl (C=O) groups is 5. The first-order valence-corrected chi connectivity index (χ1v) is 13.9. The lowest BCUT2D eigenvalue weighted by Gasteiger charge is -2.26. The number of amides is 5. The molecule has 5 atom stereocenters. The van der Waals surface area contributed by atoms with Crippen LogP contribution >= 0.6 is 0 Å². The molecule has 8 N–H and O–H groups in total. The second kappa shape index (κ2) is 17.4. The molecule has 0 heterocycles. The summed E-state index contributed by atoms with van der Waals surface area (Å²) in [5.74, 6) is -3.12. The van der Waals surface area contributed by atoms with Gasteiger partial charge in [-0.1, -0.05) is 80.9 Å². The summed E-state index contributed by atoms with van der Waals surface area (Å²) in [6.45, 7) is 3.59. The van der Waals surface area contributed by atoms with Gasteiger partial charge in [-0.3, -0.25) is 19.2 Å². The van der Waals surface area contributed by atoms with Gasteiger partial charge in [0, 0.05) is 6.42 Å². The molecule has 0 radical (unpaired) electrons. The van der Waals surface area contributed by atoms with Gasteiger partial charge in [0.1, 0.15) is 18.7 Å². The first-order valence-electron chi connectivity index (χ1n) is 13.9. The van der Waals surface area contributed by atoms with Gasteiger partial charge in [0.25, 0.3) is 0 Å². The molecule has 0 unspecified atom stereocenters. The average Bonchev–Trinajstić information content (AvgIpc) is 2.96. The fourth-order valence-electron chi connectivity index (χ4n) is 4.19. The van der Waals surface area contributed by atoms with Crippen LogP contribution in [0.3, 0.4) is 0 Å². The lowest BCUT2D eigenvalue weighted by molar-refractivity contribution is -0.133. The molecule has 2 aromatic rings. The van der Waals surface area contributed by atoms with E-state index in [1.807, 2.05) is 43.3 Å². The molecule has 0 spiro atoms. The van der Waals surface area contributed by atoms with Crippen molar-refractivity contribution in [2.45, 2.75) is 76.8 Å². The number of aliphatic hydroxyl groups is 1. The van der Waals surface area contributed by atoms with Gasteiger partial charge < -0.3 is 37.3 Å². The number of nitrogens with two attached hydrogens (primary N) is 2. The number of nitrogens with one attached hydrogen (secondary N) is 3. The van der Waals surface area contributed by atoms with E-state index in [0.29, 0.717) is 6.42 Å². The molecular weight excluding hydrogens is 542 g/mol. The highest BCUT2D eigenvalue weighted by atomic mass is 16.5. The fourth-order valence-corrected chi connectivity index (χ4v) is 4.19. The van der Waals surface area contributed by atoms with E-state index in [4.69, 9.17) is 16.2 Å². The summed E-state index contributed by atoms with van der Waals surface area (Å²) in [6.07, 6.45) is -2.23. The van der Waals surface area contributed by atoms with E-state index < -0.39 is 60.4 Å². The molecule has 12 nitrogen and oxygen atoms in total. The minimum atomic E-state index is -1.37. The summed E-state index contributed by atoms with van der Waals surface area (Å²) in [4.78, 5) is 61.9. The first-order chi connectivity index (χ1) is 20.0. The van der Waals surface area contributed by atoms with E-state index in [1.54, 1.807) is 31.2 Å². The van der Waals surface area contributed by atoms with Gasteiger partial charge in [-0.15, -0.1) is 0 Å². The average molecular weight is 584 g/mol. The second-order valence-corrected chi connectivity index (χ2v) is 10.2. The maximum Gasteiger partial charge on any atom is 0.407 e. The Morgan fingerprint density at radius 1 is 0.881 bits per heavy atom. The van der Waals surface area contributed by atoms with E-state index in [1.165, 1.54) is 0 Å². The van der Waals surface area contributed by atoms with Crippen molar-refractivity contribution in [3.8, 4) is 0 Å². The van der Waals surface area contributed by atoms with E-state index in [9.17, 15) is 29.1 Å². The first kappa shape index (κ1) is 33.8. The summed E-state index contributed by atoms with van der Waals surface area (Å²) in [7, 11) is 0. The van der Waals surface area contributed by atoms with Crippen molar-refractivity contribution >= 4 is 29.7 Å². The minimum Gasteiger partial charge on any atom is -0.445 e. The largest absolute Gasteiger partial charge is 0.445 e. The fraction of sp³-hybridized carbons (Fsp3) is 0.433. The van der Waals surface area contributed by atoms with E-state index in [2.05, 4.69) is 16.0 Å². The molecule has 0 bridgehead atoms. The highest BCUT2D eigenvalue weighted by Crippen LogP contribution is 2.12. The van der Waals surface area contributed by atoms with Crippen LogP contribution in [0.25, 0.3) is 0 Å². The van der Waals surface area contributed by atoms with Crippen LogP contribution in [0, 0.1) is 5.92 Å². The molecule has 2 rings (SSSR count). The normalized spacial score (nSPS) is 14.4. The SMILES string of the molecule is CC[C@H](C)[C@H](NC(=O)[C@H](CCC(N)=O)NC(=O)C[C@H](O)[C@H](Cc1ccccc1)NC(=O)OCc1ccccc1)C(N)=O. The van der Waals surface area contributed by atoms with Gasteiger partial charge in [-0.25, -0.2) is 4.79 Å². The molecule has 0 fully saturated rings. The van der Waals surface area contributed by atoms with Crippen molar-refractivity contribution < 1.29 is 33.8 Å². The summed E-state index contributed by atoms with van der Waals surface area (Å²) in [5.41, 5.74) is 12.3. The van der Waals surface area contributed by atoms with E-state index >= 15 is 0 Å². The van der Waals surface area contributed by atoms with Crippen molar-refractivity contribution in [1.82, 2.24) is 16.0 Å². The number of hydrogen-bond donors (Lipinski definition) is 6. The minimum absolute atomic E-state index is 0.0148. The summed E-state index contributed by atoms with van der Waals surface area (Å²) >= 11 is 0. The van der Waals surface area contributed by atoms with Crippen molar-refractivity contribution in [2.24, 2.45) is 17.4 Å². The molecule has 0 aliphatic heterocycles. The number of rotatable bonds is 17. The molecular formula is C30H41N5O7. The topological polar surface area (TPSA) is 203 Å². The Bertz CT molecular complexity index is 1180. The second-order valence-electron chi connectivity index (χ2n) is 10.2. The Morgan fingerprint density at radius 2 is 1.48 bits per heavy atom. The molecule has 42 heavy (non-hydrogen) atoms. The molecule has 0 aliphatic rings. The molecule has 0 saturated carbocycles. The Hall–Kier alpha value is -4.45. The maximum atomic E-state index is 13.0. The van der Waals surface area contributed by atoms with Crippen LogP contribution in [-0.2, 0) is 36.9 Å². The molecule has 228 valence electrons. The molecule has 5 amide bonds. The van der Waals surface area contributed by atoms with Gasteiger partial charge in [0.15, 0.2) is 0 Å². The van der Waals surface area contributed by atoms with Crippen molar-refractivity contribution in [2.75, 3.05) is 0 Å². The summed E-state index contributed by atoms with van der Waals surface area (Å²) in [5, 5.41) is 18.7. The zero-order chi connectivity index (χ0) is 31.1. The van der Waals surface area contributed by atoms with Crippen LogP contribution in [0.5, 0.6) is 0 Å². The Kier molecular flexibility index (Phi) is 14.0. The molecule has 12 heteroatoms. The number of carbonyl (C=O) groups excluding carboxylic acids is 5. The van der Waals surface area contributed by atoms with Crippen LogP contribution in [0.2, 0.25) is 0 Å². The zero-order valence-electron chi connectivity index (χ0n) is 24.0. The van der Waals surface area contributed by atoms with E-state index in [-0.39, 0.29) is 31.8 Å². The van der Waals surface area contributed by atoms with Crippen LogP contribution in [0.1, 0.15) is 50.7 Å². The third-order valence-electron chi connectivity index (χ3n) is 6.82. The van der Waals surface area contributed by atoms with Gasteiger partial charge in [0.2, 0.25) is 23.6 Å². The molecule has 0 aliphatic carbocycles. The number of aliphatic hydroxyl groups excluding tert-OH is 1. The van der Waals surface area contributed by atoms with Gasteiger partial charge in [-0.2, -0.15) is 0 Å². The van der Waals surface area contributed by atoms with Gasteiger partial charge >= 0.3 is 6.09 Å². The predicted molar refractivity (Wildman–Crippen MR) is 155 cm³/mol. The lowest BCUT2D eigenvalue weighted by atomic mass is 9.97. The molecule has 0 aromatic heterocycles. The number of hydrogen-bond acceptors (Lipinski definition) is 7. The molecule has 2 aromatic carbocycles. The third-order valence-corrected chi connectivity index (χ3v) is 6.82. The quantitative estimate of drug-likeness (QED) is 0.160. The van der Waals surface area contributed by atoms with E-state index in [0.717, 1.165) is 11.1 Å². The molecule has 0 saturated heterocycles. The number of benzene rings is 2. The van der Waals surface area contributed by atoms with Crippen molar-refractivity contribution in [3.05, 3.63) is 71.8 Å². The number of alkyl carbamates (subject to hydrolysis) is 1. The summed E-state index contributed by atoms with van der Waals surface area (Å²) in [6, 6.07) is 15.0. The number of ether oxygens (including phenoxy) is 1. The highest BCUT2D eigenvalue weighted by molar-refractivity contribution is 5.92. The Labute approximate surface area is 245 Å². The third kappa shape index (κ3) is 12.0. The van der Waals surface area contributed by atoms with Crippen molar-refractivity contribution in [3.63, 3.8) is 0 Å². The van der Waals surface area contributed by atoms with Crippen LogP contribution in [0.4, 0.5) is 4.79 Å². The highest BCUT2D eigenvalue weighted by Gasteiger charge is 2.30. The maximum absolute atomic E-state index is 13.0.